The van der Waals surface area contributed by atoms with E-state index >= 15 is 0 Å². The summed E-state index contributed by atoms with van der Waals surface area (Å²) in [5, 5.41) is 14.1. The zero-order valence-corrected chi connectivity index (χ0v) is 17.7. The number of nitrogens with zero attached hydrogens (tertiary/aromatic N) is 3. The van der Waals surface area contributed by atoms with Crippen LogP contribution in [0.3, 0.4) is 0 Å². The largest absolute Gasteiger partial charge is 0.492 e. The lowest BCUT2D eigenvalue weighted by molar-refractivity contribution is -0.111. The molecular weight excluding hydrogens is 392 g/mol. The van der Waals surface area contributed by atoms with Gasteiger partial charge in [0.1, 0.15) is 11.6 Å². The van der Waals surface area contributed by atoms with E-state index in [0.29, 0.717) is 24.0 Å². The zero-order chi connectivity index (χ0) is 21.6. The molecule has 3 heterocycles. The third kappa shape index (κ3) is 5.03. The number of fused-ring (bicyclic) bond motifs is 1. The lowest BCUT2D eigenvalue weighted by atomic mass is 9.94. The molecule has 1 atom stereocenters. The number of carbonyl (C=O) groups is 1. The van der Waals surface area contributed by atoms with Crippen LogP contribution in [-0.2, 0) is 11.2 Å². The van der Waals surface area contributed by atoms with Gasteiger partial charge in [-0.2, -0.15) is 9.61 Å². The van der Waals surface area contributed by atoms with Crippen molar-refractivity contribution in [1.82, 2.24) is 19.9 Å². The lowest BCUT2D eigenvalue weighted by Gasteiger charge is -2.22. The molecule has 2 aromatic heterocycles. The van der Waals surface area contributed by atoms with E-state index in [9.17, 15) is 4.79 Å². The van der Waals surface area contributed by atoms with E-state index in [2.05, 4.69) is 27.6 Å². The maximum atomic E-state index is 11.8. The normalized spacial score (nSPS) is 16.1. The first-order valence-corrected chi connectivity index (χ1v) is 10.7. The smallest absolute Gasteiger partial charge is 0.247 e. The molecule has 0 spiro atoms. The van der Waals surface area contributed by atoms with Crippen molar-refractivity contribution >= 4 is 28.7 Å². The van der Waals surface area contributed by atoms with Gasteiger partial charge in [-0.05, 0) is 69.5 Å². The van der Waals surface area contributed by atoms with Crippen LogP contribution in [0.5, 0.6) is 5.75 Å². The Morgan fingerprint density at radius 1 is 1.39 bits per heavy atom. The van der Waals surface area contributed by atoms with Crippen LogP contribution in [0.25, 0.3) is 5.65 Å². The minimum Gasteiger partial charge on any atom is -0.492 e. The quantitative estimate of drug-likeness (QED) is 0.483. The van der Waals surface area contributed by atoms with Crippen LogP contribution in [-0.4, -0.2) is 40.2 Å². The monoisotopic (exact) mass is 420 g/mol. The zero-order valence-electron chi connectivity index (χ0n) is 17.7. The van der Waals surface area contributed by atoms with Gasteiger partial charge in [0.15, 0.2) is 5.65 Å². The number of aromatic nitrogens is 3. The van der Waals surface area contributed by atoms with Crippen molar-refractivity contribution in [2.45, 2.75) is 26.2 Å². The Bertz CT molecular complexity index is 1070. The molecule has 0 bridgehead atoms. The number of amides is 1. The average Bonchev–Trinajstić information content (AvgIpc) is 3.25. The van der Waals surface area contributed by atoms with Crippen LogP contribution in [0.4, 0.5) is 17.2 Å². The molecule has 1 aliphatic rings. The van der Waals surface area contributed by atoms with Gasteiger partial charge in [-0.3, -0.25) is 4.79 Å². The van der Waals surface area contributed by atoms with Crippen molar-refractivity contribution in [1.29, 1.82) is 0 Å². The van der Waals surface area contributed by atoms with Gasteiger partial charge >= 0.3 is 0 Å². The van der Waals surface area contributed by atoms with E-state index in [1.54, 1.807) is 10.7 Å². The second-order valence-electron chi connectivity index (χ2n) is 7.61. The van der Waals surface area contributed by atoms with Crippen molar-refractivity contribution in [3.8, 4) is 5.75 Å². The van der Waals surface area contributed by atoms with Crippen molar-refractivity contribution < 1.29 is 9.53 Å². The lowest BCUT2D eigenvalue weighted by Crippen LogP contribution is -2.31. The first kappa shape index (κ1) is 20.9. The third-order valence-corrected chi connectivity index (χ3v) is 5.30. The summed E-state index contributed by atoms with van der Waals surface area (Å²) in [6.45, 7) is 8.05. The van der Waals surface area contributed by atoms with Crippen LogP contribution in [0, 0.1) is 5.92 Å². The van der Waals surface area contributed by atoms with Gasteiger partial charge in [0, 0.05) is 23.5 Å². The standard InChI is InChI=1S/C23H28N6O2/c1-3-23(30)28-19-13-17(7-8-20(19)31-4-2)26-22-14-18(12-16-6-5-10-24-15-16)27-21-9-11-25-29(21)22/h3,7-9,11,13-14,16,24,26H,1,4-6,10,12,15H2,2H3,(H,28,30). The van der Waals surface area contributed by atoms with Gasteiger partial charge in [-0.1, -0.05) is 6.58 Å². The van der Waals surface area contributed by atoms with E-state index in [0.717, 1.165) is 42.4 Å². The average molecular weight is 421 g/mol. The molecule has 8 nitrogen and oxygen atoms in total. The molecule has 31 heavy (non-hydrogen) atoms. The molecule has 1 amide bonds. The Balaban J connectivity index is 1.62. The number of rotatable bonds is 8. The summed E-state index contributed by atoms with van der Waals surface area (Å²) >= 11 is 0. The fraction of sp³-hybridized carbons (Fsp3) is 0.348. The Morgan fingerprint density at radius 2 is 2.29 bits per heavy atom. The van der Waals surface area contributed by atoms with Crippen LogP contribution >= 0.6 is 0 Å². The number of piperidine rings is 1. The van der Waals surface area contributed by atoms with E-state index in [1.807, 2.05) is 37.3 Å². The molecule has 0 radical (unpaired) electrons. The maximum absolute atomic E-state index is 11.8. The summed E-state index contributed by atoms with van der Waals surface area (Å²) in [5.74, 6) is 1.72. The number of benzene rings is 1. The molecule has 8 heteroatoms. The molecule has 3 aromatic rings. The van der Waals surface area contributed by atoms with Crippen molar-refractivity contribution in [2.24, 2.45) is 5.92 Å². The summed E-state index contributed by atoms with van der Waals surface area (Å²) in [6, 6.07) is 9.54. The van der Waals surface area contributed by atoms with Gasteiger partial charge in [0.2, 0.25) is 5.91 Å². The Labute approximate surface area is 181 Å². The molecule has 0 aliphatic carbocycles. The summed E-state index contributed by atoms with van der Waals surface area (Å²) in [5.41, 5.74) is 3.22. The van der Waals surface area contributed by atoms with Crippen LogP contribution < -0.4 is 20.7 Å². The number of carbonyl (C=O) groups excluding carboxylic acids is 1. The number of anilines is 3. The molecular formula is C23H28N6O2. The summed E-state index contributed by atoms with van der Waals surface area (Å²) in [4.78, 5) is 16.6. The Kier molecular flexibility index (Phi) is 6.47. The topological polar surface area (TPSA) is 92.6 Å². The van der Waals surface area contributed by atoms with E-state index in [4.69, 9.17) is 9.72 Å². The number of hydrogen-bond donors (Lipinski definition) is 3. The fourth-order valence-electron chi connectivity index (χ4n) is 3.87. The van der Waals surface area contributed by atoms with E-state index in [-0.39, 0.29) is 5.91 Å². The summed E-state index contributed by atoms with van der Waals surface area (Å²) in [7, 11) is 0. The summed E-state index contributed by atoms with van der Waals surface area (Å²) in [6.07, 6.45) is 6.32. The molecule has 0 saturated carbocycles. The highest BCUT2D eigenvalue weighted by Crippen LogP contribution is 2.30. The minimum absolute atomic E-state index is 0.292. The third-order valence-electron chi connectivity index (χ3n) is 5.30. The molecule has 1 unspecified atom stereocenters. The first-order valence-electron chi connectivity index (χ1n) is 10.7. The molecule has 162 valence electrons. The van der Waals surface area contributed by atoms with Gasteiger partial charge in [0.05, 0.1) is 18.5 Å². The van der Waals surface area contributed by atoms with E-state index in [1.165, 1.54) is 18.9 Å². The fourth-order valence-corrected chi connectivity index (χ4v) is 3.87. The maximum Gasteiger partial charge on any atom is 0.247 e. The highest BCUT2D eigenvalue weighted by atomic mass is 16.5. The minimum atomic E-state index is -0.292. The van der Waals surface area contributed by atoms with Gasteiger partial charge in [-0.15, -0.1) is 0 Å². The predicted molar refractivity (Wildman–Crippen MR) is 122 cm³/mol. The molecule has 1 fully saturated rings. The second kappa shape index (κ2) is 9.61. The van der Waals surface area contributed by atoms with Crippen LogP contribution in [0.1, 0.15) is 25.5 Å². The Hall–Kier alpha value is -3.39. The van der Waals surface area contributed by atoms with Crippen LogP contribution in [0.2, 0.25) is 0 Å². The van der Waals surface area contributed by atoms with Crippen molar-refractivity contribution in [2.75, 3.05) is 30.3 Å². The summed E-state index contributed by atoms with van der Waals surface area (Å²) < 4.78 is 7.42. The van der Waals surface area contributed by atoms with Gasteiger partial charge in [0.25, 0.3) is 0 Å². The predicted octanol–water partition coefficient (Wildman–Crippen LogP) is 3.54. The first-order chi connectivity index (χ1) is 15.2. The molecule has 4 rings (SSSR count). The molecule has 1 saturated heterocycles. The highest BCUT2D eigenvalue weighted by Gasteiger charge is 2.16. The number of nitrogens with one attached hydrogen (secondary N) is 3. The van der Waals surface area contributed by atoms with Crippen LogP contribution in [0.15, 0.2) is 49.2 Å². The van der Waals surface area contributed by atoms with Crippen molar-refractivity contribution in [3.63, 3.8) is 0 Å². The number of ether oxygens (including phenoxy) is 1. The number of hydrogen-bond acceptors (Lipinski definition) is 6. The molecule has 1 aliphatic heterocycles. The highest BCUT2D eigenvalue weighted by molar-refractivity contribution is 6.00. The SMILES string of the molecule is C=CC(=O)Nc1cc(Nc2cc(CC3CCCNC3)nc3ccnn23)ccc1OCC. The molecule has 3 N–H and O–H groups in total. The van der Waals surface area contributed by atoms with Crippen molar-refractivity contribution in [3.05, 3.63) is 54.9 Å². The second-order valence-corrected chi connectivity index (χ2v) is 7.61. The van der Waals surface area contributed by atoms with Gasteiger partial charge in [-0.25, -0.2) is 4.98 Å². The molecule has 1 aromatic carbocycles. The van der Waals surface area contributed by atoms with Gasteiger partial charge < -0.3 is 20.7 Å². The Morgan fingerprint density at radius 3 is 3.06 bits per heavy atom. The van der Waals surface area contributed by atoms with E-state index < -0.39 is 0 Å².